The molecule has 18 heavy (non-hydrogen) atoms. The van der Waals surface area contributed by atoms with Gasteiger partial charge in [-0.05, 0) is 31.9 Å². The Kier molecular flexibility index (Phi) is 6.13. The van der Waals surface area contributed by atoms with Crippen molar-refractivity contribution in [1.29, 1.82) is 0 Å². The quantitative estimate of drug-likeness (QED) is 0.753. The minimum absolute atomic E-state index is 0.667. The lowest BCUT2D eigenvalue weighted by molar-refractivity contribution is 0.631. The average molecular weight is 249 g/mol. The molecular formula is C15H27N3. The largest absolute Gasteiger partial charge is 0.374 e. The third kappa shape index (κ3) is 4.65. The van der Waals surface area contributed by atoms with Gasteiger partial charge < -0.3 is 10.2 Å². The first-order valence-electron chi connectivity index (χ1n) is 6.92. The van der Waals surface area contributed by atoms with Gasteiger partial charge in [0.25, 0.3) is 0 Å². The zero-order chi connectivity index (χ0) is 13.5. The average Bonchev–Trinajstić information content (AvgIpc) is 2.30. The van der Waals surface area contributed by atoms with Crippen molar-refractivity contribution in [2.24, 2.45) is 5.92 Å². The highest BCUT2D eigenvalue weighted by Gasteiger charge is 2.09. The highest BCUT2D eigenvalue weighted by molar-refractivity contribution is 5.53. The maximum Gasteiger partial charge on any atom is 0.0443 e. The molecule has 102 valence electrons. The van der Waals surface area contributed by atoms with Crippen molar-refractivity contribution in [2.75, 3.05) is 25.0 Å². The van der Waals surface area contributed by atoms with E-state index in [1.807, 2.05) is 6.20 Å². The molecule has 0 spiro atoms. The number of hydrogen-bond donors (Lipinski definition) is 1. The number of aromatic nitrogens is 1. The smallest absolute Gasteiger partial charge is 0.0443 e. The lowest BCUT2D eigenvalue weighted by Crippen LogP contribution is -2.25. The molecular weight excluding hydrogens is 222 g/mol. The molecule has 3 heteroatoms. The number of nitrogens with zero attached hydrogens (tertiary/aromatic N) is 2. The first-order chi connectivity index (χ1) is 8.54. The molecule has 0 saturated heterocycles. The van der Waals surface area contributed by atoms with Crippen LogP contribution < -0.4 is 10.2 Å². The third-order valence-electron chi connectivity index (χ3n) is 2.89. The molecule has 0 radical (unpaired) electrons. The predicted octanol–water partition coefficient (Wildman–Crippen LogP) is 2.98. The number of hydrogen-bond acceptors (Lipinski definition) is 3. The standard InChI is InChI=1S/C15H27N3/c1-6-7-16-9-14-10-17-13(4)8-15(14)18(5)11-12(2)3/h8,10,12,16H,6-7,9,11H2,1-5H3. The van der Waals surface area contributed by atoms with Crippen molar-refractivity contribution in [1.82, 2.24) is 10.3 Å². The predicted molar refractivity (Wildman–Crippen MR) is 79.1 cm³/mol. The molecule has 1 aromatic heterocycles. The van der Waals surface area contributed by atoms with E-state index in [1.54, 1.807) is 0 Å². The number of pyridine rings is 1. The van der Waals surface area contributed by atoms with E-state index < -0.39 is 0 Å². The van der Waals surface area contributed by atoms with Crippen LogP contribution in [0.3, 0.4) is 0 Å². The molecule has 0 atom stereocenters. The summed E-state index contributed by atoms with van der Waals surface area (Å²) in [5.74, 6) is 0.667. The summed E-state index contributed by atoms with van der Waals surface area (Å²) < 4.78 is 0. The summed E-state index contributed by atoms with van der Waals surface area (Å²) in [4.78, 5) is 6.75. The molecule has 1 aromatic rings. The van der Waals surface area contributed by atoms with Gasteiger partial charge in [-0.1, -0.05) is 20.8 Å². The van der Waals surface area contributed by atoms with Gasteiger partial charge in [0.15, 0.2) is 0 Å². The van der Waals surface area contributed by atoms with Crippen LogP contribution in [-0.4, -0.2) is 25.1 Å². The maximum atomic E-state index is 4.41. The molecule has 0 aliphatic rings. The van der Waals surface area contributed by atoms with Crippen molar-refractivity contribution in [2.45, 2.75) is 40.7 Å². The second kappa shape index (κ2) is 7.37. The molecule has 0 aliphatic heterocycles. The fraction of sp³-hybridized carbons (Fsp3) is 0.667. The van der Waals surface area contributed by atoms with Crippen molar-refractivity contribution in [3.8, 4) is 0 Å². The van der Waals surface area contributed by atoms with Crippen molar-refractivity contribution in [3.05, 3.63) is 23.5 Å². The number of nitrogens with one attached hydrogen (secondary N) is 1. The zero-order valence-corrected chi connectivity index (χ0v) is 12.5. The second-order valence-electron chi connectivity index (χ2n) is 5.41. The van der Waals surface area contributed by atoms with E-state index in [2.05, 4.69) is 56.0 Å². The van der Waals surface area contributed by atoms with Gasteiger partial charge in [-0.25, -0.2) is 0 Å². The van der Waals surface area contributed by atoms with Crippen LogP contribution in [0.5, 0.6) is 0 Å². The van der Waals surface area contributed by atoms with Crippen LogP contribution in [0.4, 0.5) is 5.69 Å². The molecule has 0 aromatic carbocycles. The summed E-state index contributed by atoms with van der Waals surface area (Å²) in [6, 6.07) is 2.19. The maximum absolute atomic E-state index is 4.41. The lowest BCUT2D eigenvalue weighted by Gasteiger charge is -2.24. The first-order valence-corrected chi connectivity index (χ1v) is 6.92. The summed E-state index contributed by atoms with van der Waals surface area (Å²) in [6.45, 7) is 11.8. The van der Waals surface area contributed by atoms with Gasteiger partial charge in [-0.3, -0.25) is 4.98 Å². The van der Waals surface area contributed by atoms with Crippen LogP contribution in [0.2, 0.25) is 0 Å². The molecule has 0 amide bonds. The normalized spacial score (nSPS) is 11.0. The van der Waals surface area contributed by atoms with Gasteiger partial charge in [0.1, 0.15) is 0 Å². The van der Waals surface area contributed by atoms with E-state index in [0.717, 1.165) is 31.7 Å². The number of aryl methyl sites for hydroxylation is 1. The molecule has 1 rings (SSSR count). The second-order valence-corrected chi connectivity index (χ2v) is 5.41. The number of rotatable bonds is 7. The fourth-order valence-electron chi connectivity index (χ4n) is 2.11. The highest BCUT2D eigenvalue weighted by Crippen LogP contribution is 2.20. The molecule has 0 fully saturated rings. The van der Waals surface area contributed by atoms with E-state index in [4.69, 9.17) is 0 Å². The van der Waals surface area contributed by atoms with Gasteiger partial charge in [-0.2, -0.15) is 0 Å². The molecule has 0 bridgehead atoms. The zero-order valence-electron chi connectivity index (χ0n) is 12.5. The molecule has 1 N–H and O–H groups in total. The van der Waals surface area contributed by atoms with Crippen LogP contribution in [0.25, 0.3) is 0 Å². The highest BCUT2D eigenvalue weighted by atomic mass is 15.1. The minimum atomic E-state index is 0.667. The number of anilines is 1. The fourth-order valence-corrected chi connectivity index (χ4v) is 2.11. The Morgan fingerprint density at radius 3 is 2.72 bits per heavy atom. The summed E-state index contributed by atoms with van der Waals surface area (Å²) in [5, 5.41) is 3.45. The van der Waals surface area contributed by atoms with E-state index in [9.17, 15) is 0 Å². The van der Waals surface area contributed by atoms with Crippen LogP contribution in [0, 0.1) is 12.8 Å². The van der Waals surface area contributed by atoms with Crippen LogP contribution in [-0.2, 0) is 6.54 Å². The summed E-state index contributed by atoms with van der Waals surface area (Å²) >= 11 is 0. The summed E-state index contributed by atoms with van der Waals surface area (Å²) in [7, 11) is 2.16. The molecule has 0 saturated carbocycles. The lowest BCUT2D eigenvalue weighted by atomic mass is 10.1. The summed E-state index contributed by atoms with van der Waals surface area (Å²) in [6.07, 6.45) is 3.17. The molecule has 1 heterocycles. The van der Waals surface area contributed by atoms with Gasteiger partial charge in [0.2, 0.25) is 0 Å². The Bertz CT molecular complexity index is 361. The van der Waals surface area contributed by atoms with Gasteiger partial charge >= 0.3 is 0 Å². The monoisotopic (exact) mass is 249 g/mol. The van der Waals surface area contributed by atoms with Crippen molar-refractivity contribution >= 4 is 5.69 Å². The minimum Gasteiger partial charge on any atom is -0.374 e. The molecule has 0 aliphatic carbocycles. The molecule has 3 nitrogen and oxygen atoms in total. The van der Waals surface area contributed by atoms with Crippen LogP contribution in [0.15, 0.2) is 12.3 Å². The van der Waals surface area contributed by atoms with E-state index in [1.165, 1.54) is 11.3 Å². The van der Waals surface area contributed by atoms with Crippen LogP contribution >= 0.6 is 0 Å². The molecule has 0 unspecified atom stereocenters. The SMILES string of the molecule is CCCNCc1cnc(C)cc1N(C)CC(C)C. The topological polar surface area (TPSA) is 28.2 Å². The van der Waals surface area contributed by atoms with Gasteiger partial charge in [-0.15, -0.1) is 0 Å². The van der Waals surface area contributed by atoms with Crippen LogP contribution in [0.1, 0.15) is 38.4 Å². The van der Waals surface area contributed by atoms with Gasteiger partial charge in [0.05, 0.1) is 0 Å². The Labute approximate surface area is 112 Å². The van der Waals surface area contributed by atoms with Crippen molar-refractivity contribution < 1.29 is 0 Å². The Morgan fingerprint density at radius 1 is 1.39 bits per heavy atom. The van der Waals surface area contributed by atoms with Gasteiger partial charge in [0, 0.05) is 43.3 Å². The Morgan fingerprint density at radius 2 is 2.11 bits per heavy atom. The van der Waals surface area contributed by atoms with E-state index >= 15 is 0 Å². The third-order valence-corrected chi connectivity index (χ3v) is 2.89. The first kappa shape index (κ1) is 15.0. The van der Waals surface area contributed by atoms with Crippen molar-refractivity contribution in [3.63, 3.8) is 0 Å². The van der Waals surface area contributed by atoms with E-state index in [-0.39, 0.29) is 0 Å². The summed E-state index contributed by atoms with van der Waals surface area (Å²) in [5.41, 5.74) is 3.68. The Hall–Kier alpha value is -1.09. The Balaban J connectivity index is 2.81. The van der Waals surface area contributed by atoms with E-state index in [0.29, 0.717) is 5.92 Å².